The van der Waals surface area contributed by atoms with Gasteiger partial charge < -0.3 is 20.1 Å². The normalized spacial score (nSPS) is 10.9. The van der Waals surface area contributed by atoms with E-state index in [2.05, 4.69) is 32.6 Å². The Kier molecular flexibility index (Phi) is 10.8. The minimum atomic E-state index is 0. The van der Waals surface area contributed by atoms with Crippen LogP contribution in [0.1, 0.15) is 31.5 Å². The predicted octanol–water partition coefficient (Wildman–Crippen LogP) is 4.27. The number of benzene rings is 1. The Hall–Kier alpha value is -2.82. The first-order chi connectivity index (χ1) is 15.2. The van der Waals surface area contributed by atoms with Gasteiger partial charge in [0.05, 0.1) is 25.4 Å². The maximum atomic E-state index is 6.01. The van der Waals surface area contributed by atoms with Crippen LogP contribution in [-0.2, 0) is 20.1 Å². The summed E-state index contributed by atoms with van der Waals surface area (Å²) in [4.78, 5) is 9.08. The van der Waals surface area contributed by atoms with E-state index in [0.29, 0.717) is 31.3 Å². The van der Waals surface area contributed by atoms with E-state index < -0.39 is 0 Å². The minimum Gasteiger partial charge on any atom is -0.494 e. The van der Waals surface area contributed by atoms with Crippen molar-refractivity contribution in [2.75, 3.05) is 13.2 Å². The zero-order valence-corrected chi connectivity index (χ0v) is 21.1. The molecule has 0 amide bonds. The molecule has 0 atom stereocenters. The van der Waals surface area contributed by atoms with Crippen molar-refractivity contribution >= 4 is 29.9 Å². The average Bonchev–Trinajstić information content (AvgIpc) is 3.20. The van der Waals surface area contributed by atoms with Gasteiger partial charge in [-0.1, -0.05) is 13.0 Å². The molecule has 32 heavy (non-hydrogen) atoms. The average molecular weight is 550 g/mol. The van der Waals surface area contributed by atoms with E-state index in [1.165, 1.54) is 0 Å². The molecule has 3 rings (SSSR count). The molecule has 0 aliphatic heterocycles. The molecule has 2 heterocycles. The molecular weight excluding hydrogens is 519 g/mol. The highest BCUT2D eigenvalue weighted by Crippen LogP contribution is 2.25. The van der Waals surface area contributed by atoms with E-state index in [1.54, 1.807) is 12.4 Å². The minimum absolute atomic E-state index is 0. The van der Waals surface area contributed by atoms with E-state index in [-0.39, 0.29) is 24.0 Å². The number of rotatable bonds is 10. The second kappa shape index (κ2) is 13.6. The molecule has 0 saturated heterocycles. The summed E-state index contributed by atoms with van der Waals surface area (Å²) >= 11 is 0. The number of nitrogens with one attached hydrogen (secondary N) is 2. The second-order valence-electron chi connectivity index (χ2n) is 6.88. The first-order valence-electron chi connectivity index (χ1n) is 10.5. The fraction of sp³-hybridized carbons (Fsp3) is 0.348. The summed E-state index contributed by atoms with van der Waals surface area (Å²) < 4.78 is 13.5. The summed E-state index contributed by atoms with van der Waals surface area (Å²) in [6.07, 6.45) is 4.47. The Morgan fingerprint density at radius 1 is 1.03 bits per heavy atom. The van der Waals surface area contributed by atoms with Crippen molar-refractivity contribution in [2.24, 2.45) is 12.0 Å². The van der Waals surface area contributed by atoms with Crippen LogP contribution in [-0.4, -0.2) is 33.9 Å². The van der Waals surface area contributed by atoms with Gasteiger partial charge in [-0.15, -0.1) is 24.0 Å². The molecule has 172 valence electrons. The number of ether oxygens (including phenoxy) is 2. The molecule has 2 aromatic heterocycles. The largest absolute Gasteiger partial charge is 0.494 e. The fourth-order valence-corrected chi connectivity index (χ4v) is 2.83. The molecule has 2 N–H and O–H groups in total. The molecule has 0 spiro atoms. The maximum Gasteiger partial charge on any atom is 0.224 e. The number of hydrogen-bond donors (Lipinski definition) is 2. The van der Waals surface area contributed by atoms with Crippen LogP contribution < -0.4 is 20.1 Å². The molecule has 3 aromatic rings. The van der Waals surface area contributed by atoms with Gasteiger partial charge in [0.15, 0.2) is 5.96 Å². The number of aromatic nitrogens is 3. The molecule has 8 nitrogen and oxygen atoms in total. The number of guanidine groups is 1. The summed E-state index contributed by atoms with van der Waals surface area (Å²) in [5.41, 5.74) is 1.97. The first-order valence-corrected chi connectivity index (χ1v) is 10.5. The molecule has 9 heteroatoms. The molecule has 0 fully saturated rings. The Bertz CT molecular complexity index is 975. The fourth-order valence-electron chi connectivity index (χ4n) is 2.83. The molecule has 0 aliphatic carbocycles. The van der Waals surface area contributed by atoms with Crippen LogP contribution in [0.15, 0.2) is 59.9 Å². The molecular formula is C23H31IN6O2. The van der Waals surface area contributed by atoms with Crippen molar-refractivity contribution in [1.29, 1.82) is 0 Å². The van der Waals surface area contributed by atoms with Crippen LogP contribution in [0.3, 0.4) is 0 Å². The van der Waals surface area contributed by atoms with Crippen molar-refractivity contribution < 1.29 is 9.47 Å². The SMILES string of the molecule is CCCOc1ccc(Oc2ncccc2CN=C(NCC)NCc2ccnn2C)cc1.I. The quantitative estimate of drug-likeness (QED) is 0.223. The Balaban J connectivity index is 0.00000363. The lowest BCUT2D eigenvalue weighted by Gasteiger charge is -2.13. The van der Waals surface area contributed by atoms with Crippen LogP contribution in [0.4, 0.5) is 0 Å². The van der Waals surface area contributed by atoms with Gasteiger partial charge in [0.2, 0.25) is 5.88 Å². The lowest BCUT2D eigenvalue weighted by molar-refractivity contribution is 0.317. The van der Waals surface area contributed by atoms with E-state index in [4.69, 9.17) is 9.47 Å². The van der Waals surface area contributed by atoms with Crippen LogP contribution in [0.25, 0.3) is 0 Å². The van der Waals surface area contributed by atoms with Gasteiger partial charge in [0.1, 0.15) is 11.5 Å². The third-order valence-electron chi connectivity index (χ3n) is 4.47. The Labute approximate surface area is 206 Å². The van der Waals surface area contributed by atoms with Crippen molar-refractivity contribution in [1.82, 2.24) is 25.4 Å². The molecule has 0 unspecified atom stereocenters. The highest BCUT2D eigenvalue weighted by molar-refractivity contribution is 14.0. The first kappa shape index (κ1) is 25.4. The van der Waals surface area contributed by atoms with Gasteiger partial charge in [-0.3, -0.25) is 4.68 Å². The second-order valence-corrected chi connectivity index (χ2v) is 6.88. The van der Waals surface area contributed by atoms with E-state index in [0.717, 1.165) is 35.9 Å². The van der Waals surface area contributed by atoms with E-state index in [1.807, 2.05) is 61.1 Å². The number of hydrogen-bond acceptors (Lipinski definition) is 5. The van der Waals surface area contributed by atoms with Gasteiger partial charge in [-0.25, -0.2) is 9.98 Å². The lowest BCUT2D eigenvalue weighted by atomic mass is 10.2. The van der Waals surface area contributed by atoms with Crippen molar-refractivity contribution in [3.63, 3.8) is 0 Å². The number of aryl methyl sites for hydroxylation is 1. The Morgan fingerprint density at radius 3 is 2.50 bits per heavy atom. The van der Waals surface area contributed by atoms with Crippen molar-refractivity contribution in [3.05, 3.63) is 66.1 Å². The molecule has 0 bridgehead atoms. The van der Waals surface area contributed by atoms with Gasteiger partial charge in [0, 0.05) is 31.5 Å². The number of aliphatic imine (C=N–C) groups is 1. The van der Waals surface area contributed by atoms with Crippen LogP contribution in [0, 0.1) is 0 Å². The van der Waals surface area contributed by atoms with Crippen LogP contribution in [0.5, 0.6) is 17.4 Å². The zero-order chi connectivity index (χ0) is 21.9. The third kappa shape index (κ3) is 7.70. The summed E-state index contributed by atoms with van der Waals surface area (Å²) in [5.74, 6) is 2.79. The van der Waals surface area contributed by atoms with Gasteiger partial charge >= 0.3 is 0 Å². The molecule has 1 aromatic carbocycles. The third-order valence-corrected chi connectivity index (χ3v) is 4.47. The van der Waals surface area contributed by atoms with Gasteiger partial charge in [-0.05, 0) is 49.7 Å². The number of pyridine rings is 1. The monoisotopic (exact) mass is 550 g/mol. The van der Waals surface area contributed by atoms with E-state index in [9.17, 15) is 0 Å². The topological polar surface area (TPSA) is 85.6 Å². The van der Waals surface area contributed by atoms with E-state index >= 15 is 0 Å². The van der Waals surface area contributed by atoms with Crippen LogP contribution >= 0.6 is 24.0 Å². The zero-order valence-electron chi connectivity index (χ0n) is 18.7. The van der Waals surface area contributed by atoms with Gasteiger partial charge in [-0.2, -0.15) is 5.10 Å². The summed E-state index contributed by atoms with van der Waals surface area (Å²) in [7, 11) is 1.92. The highest BCUT2D eigenvalue weighted by Gasteiger charge is 2.08. The molecule has 0 radical (unpaired) electrons. The summed E-state index contributed by atoms with van der Waals surface area (Å²) in [6.45, 7) is 6.64. The van der Waals surface area contributed by atoms with Crippen molar-refractivity contribution in [3.8, 4) is 17.4 Å². The standard InChI is InChI=1S/C23H30N6O2.HI/c1-4-15-30-20-8-10-21(11-9-20)31-22-18(7-6-13-25-22)16-26-23(24-5-2)27-17-19-12-14-28-29(19)3;/h6-14H,4-5,15-17H2,1-3H3,(H2,24,26,27);1H. The number of halogens is 1. The predicted molar refractivity (Wildman–Crippen MR) is 137 cm³/mol. The van der Waals surface area contributed by atoms with Crippen molar-refractivity contribution in [2.45, 2.75) is 33.4 Å². The maximum absolute atomic E-state index is 6.01. The van der Waals surface area contributed by atoms with Crippen LogP contribution in [0.2, 0.25) is 0 Å². The Morgan fingerprint density at radius 2 is 1.81 bits per heavy atom. The number of nitrogens with zero attached hydrogens (tertiary/aromatic N) is 4. The molecule has 0 saturated carbocycles. The summed E-state index contributed by atoms with van der Waals surface area (Å²) in [5, 5.41) is 10.8. The highest BCUT2D eigenvalue weighted by atomic mass is 127. The smallest absolute Gasteiger partial charge is 0.224 e. The van der Waals surface area contributed by atoms with Gasteiger partial charge in [0.25, 0.3) is 0 Å². The molecule has 0 aliphatic rings. The lowest BCUT2D eigenvalue weighted by Crippen LogP contribution is -2.37. The summed E-state index contributed by atoms with van der Waals surface area (Å²) in [6, 6.07) is 13.4.